The Morgan fingerprint density at radius 3 is 2.80 bits per heavy atom. The van der Waals surface area contributed by atoms with Crippen LogP contribution in [0.4, 0.5) is 0 Å². The molecule has 2 aliphatic rings. The van der Waals surface area contributed by atoms with E-state index in [1.165, 1.54) is 0 Å². The minimum atomic E-state index is -2.95. The van der Waals surface area contributed by atoms with Crippen LogP contribution < -0.4 is 0 Å². The van der Waals surface area contributed by atoms with Gasteiger partial charge in [-0.15, -0.1) is 0 Å². The van der Waals surface area contributed by atoms with E-state index in [1.807, 2.05) is 36.4 Å². The van der Waals surface area contributed by atoms with Crippen molar-refractivity contribution in [2.45, 2.75) is 36.2 Å². The van der Waals surface area contributed by atoms with Crippen LogP contribution in [0.25, 0.3) is 16.5 Å². The predicted molar refractivity (Wildman–Crippen MR) is 79.2 cm³/mol. The number of furan rings is 1. The van der Waals surface area contributed by atoms with Gasteiger partial charge in [-0.1, -0.05) is 30.7 Å². The Hall–Kier alpha value is -1.55. The Bertz CT molecular complexity index is 765. The van der Waals surface area contributed by atoms with Gasteiger partial charge in [0.05, 0.1) is 10.5 Å². The molecule has 0 aliphatic carbocycles. The van der Waals surface area contributed by atoms with Gasteiger partial charge in [0.15, 0.2) is 9.84 Å². The SMILES string of the molecule is O=S1(=O)C2C=C(c3cc4ccccc4o3)CC1CCC2. The number of fused-ring (bicyclic) bond motifs is 3. The van der Waals surface area contributed by atoms with Gasteiger partial charge in [0.2, 0.25) is 0 Å². The first kappa shape index (κ1) is 12.2. The van der Waals surface area contributed by atoms with E-state index in [2.05, 4.69) is 0 Å². The third-order valence-electron chi connectivity index (χ3n) is 4.48. The summed E-state index contributed by atoms with van der Waals surface area (Å²) < 4.78 is 30.4. The van der Waals surface area contributed by atoms with Crippen molar-refractivity contribution in [3.8, 4) is 0 Å². The van der Waals surface area contributed by atoms with Gasteiger partial charge in [0, 0.05) is 5.39 Å². The van der Waals surface area contributed by atoms with E-state index in [0.29, 0.717) is 6.42 Å². The second-order valence-electron chi connectivity index (χ2n) is 5.72. The Balaban J connectivity index is 1.81. The lowest BCUT2D eigenvalue weighted by molar-refractivity contribution is 0.513. The Kier molecular flexibility index (Phi) is 2.58. The average Bonchev–Trinajstić information content (AvgIpc) is 2.80. The Morgan fingerprint density at radius 2 is 2.00 bits per heavy atom. The monoisotopic (exact) mass is 288 g/mol. The smallest absolute Gasteiger partial charge is 0.159 e. The molecule has 3 nitrogen and oxygen atoms in total. The molecule has 4 heteroatoms. The van der Waals surface area contributed by atoms with Crippen molar-refractivity contribution in [1.82, 2.24) is 0 Å². The quantitative estimate of drug-likeness (QED) is 0.806. The summed E-state index contributed by atoms with van der Waals surface area (Å²) in [5.74, 6) is 0.831. The zero-order chi connectivity index (χ0) is 13.7. The van der Waals surface area contributed by atoms with Crippen molar-refractivity contribution in [1.29, 1.82) is 0 Å². The van der Waals surface area contributed by atoms with E-state index in [1.54, 1.807) is 0 Å². The number of allylic oxidation sites excluding steroid dienone is 1. The van der Waals surface area contributed by atoms with Crippen molar-refractivity contribution < 1.29 is 12.8 Å². The van der Waals surface area contributed by atoms with Gasteiger partial charge in [-0.2, -0.15) is 0 Å². The normalized spacial score (nSPS) is 28.3. The fourth-order valence-electron chi connectivity index (χ4n) is 3.38. The first-order chi connectivity index (χ1) is 9.64. The highest BCUT2D eigenvalue weighted by atomic mass is 32.2. The molecule has 3 heterocycles. The molecule has 2 bridgehead atoms. The largest absolute Gasteiger partial charge is 0.456 e. The van der Waals surface area contributed by atoms with E-state index in [9.17, 15) is 8.42 Å². The third kappa shape index (κ3) is 1.74. The van der Waals surface area contributed by atoms with E-state index in [4.69, 9.17) is 4.42 Å². The van der Waals surface area contributed by atoms with Crippen LogP contribution in [0.2, 0.25) is 0 Å². The molecule has 0 spiro atoms. The number of hydrogen-bond acceptors (Lipinski definition) is 3. The Morgan fingerprint density at radius 1 is 1.15 bits per heavy atom. The van der Waals surface area contributed by atoms with Gasteiger partial charge in [-0.3, -0.25) is 0 Å². The maximum atomic E-state index is 12.3. The minimum Gasteiger partial charge on any atom is -0.456 e. The zero-order valence-electron chi connectivity index (χ0n) is 11.1. The molecule has 0 N–H and O–H groups in total. The van der Waals surface area contributed by atoms with Gasteiger partial charge in [0.1, 0.15) is 11.3 Å². The van der Waals surface area contributed by atoms with Crippen LogP contribution in [0, 0.1) is 0 Å². The lowest BCUT2D eigenvalue weighted by Crippen LogP contribution is -2.38. The average molecular weight is 288 g/mol. The molecule has 1 aromatic carbocycles. The second-order valence-corrected chi connectivity index (χ2v) is 8.18. The predicted octanol–water partition coefficient (Wildman–Crippen LogP) is 3.56. The lowest BCUT2D eigenvalue weighted by Gasteiger charge is -2.32. The summed E-state index contributed by atoms with van der Waals surface area (Å²) in [6, 6.07) is 9.91. The first-order valence-electron chi connectivity index (χ1n) is 7.07. The topological polar surface area (TPSA) is 47.3 Å². The molecule has 2 atom stereocenters. The number of sulfone groups is 1. The standard InChI is InChI=1S/C16H16O3S/c17-20(18)13-5-3-6-14(20)9-12(8-13)16-10-11-4-1-2-7-15(11)19-16/h1-2,4,7-8,10,13-14H,3,5-6,9H2. The summed E-state index contributed by atoms with van der Waals surface area (Å²) in [5.41, 5.74) is 1.92. The van der Waals surface area contributed by atoms with Crippen LogP contribution in [0.5, 0.6) is 0 Å². The summed E-state index contributed by atoms with van der Waals surface area (Å²) in [7, 11) is -2.95. The first-order valence-corrected chi connectivity index (χ1v) is 8.68. The minimum absolute atomic E-state index is 0.213. The maximum Gasteiger partial charge on any atom is 0.159 e. The molecule has 2 aliphatic heterocycles. The zero-order valence-corrected chi connectivity index (χ0v) is 11.9. The van der Waals surface area contributed by atoms with E-state index in [0.717, 1.165) is 41.6 Å². The van der Waals surface area contributed by atoms with Crippen molar-refractivity contribution in [2.75, 3.05) is 0 Å². The molecule has 0 radical (unpaired) electrons. The highest BCUT2D eigenvalue weighted by molar-refractivity contribution is 7.93. The highest BCUT2D eigenvalue weighted by Gasteiger charge is 2.40. The summed E-state index contributed by atoms with van der Waals surface area (Å²) >= 11 is 0. The number of benzene rings is 1. The van der Waals surface area contributed by atoms with E-state index < -0.39 is 9.84 Å². The van der Waals surface area contributed by atoms with Gasteiger partial charge < -0.3 is 4.42 Å². The molecule has 0 amide bonds. The number of para-hydroxylation sites is 1. The maximum absolute atomic E-state index is 12.3. The Labute approximate surface area is 118 Å². The molecule has 4 rings (SSSR count). The molecule has 0 saturated carbocycles. The van der Waals surface area contributed by atoms with Gasteiger partial charge in [-0.25, -0.2) is 8.42 Å². The molecule has 1 saturated heterocycles. The van der Waals surface area contributed by atoms with Crippen LogP contribution in [-0.2, 0) is 9.84 Å². The summed E-state index contributed by atoms with van der Waals surface area (Å²) in [6.45, 7) is 0. The molecule has 20 heavy (non-hydrogen) atoms. The highest BCUT2D eigenvalue weighted by Crippen LogP contribution is 2.40. The van der Waals surface area contributed by atoms with Crippen LogP contribution >= 0.6 is 0 Å². The molecule has 104 valence electrons. The van der Waals surface area contributed by atoms with Crippen LogP contribution in [0.3, 0.4) is 0 Å². The molecular formula is C16H16O3S. The summed E-state index contributed by atoms with van der Waals surface area (Å²) in [5, 5.41) is 0.551. The fourth-order valence-corrected chi connectivity index (χ4v) is 5.63. The van der Waals surface area contributed by atoms with Crippen LogP contribution in [0.1, 0.15) is 31.4 Å². The van der Waals surface area contributed by atoms with Crippen molar-refractivity contribution in [3.63, 3.8) is 0 Å². The number of rotatable bonds is 1. The molecule has 1 aromatic heterocycles. The summed E-state index contributed by atoms with van der Waals surface area (Å²) in [6.07, 6.45) is 5.07. The third-order valence-corrected chi connectivity index (χ3v) is 7.03. The number of hydrogen-bond donors (Lipinski definition) is 0. The van der Waals surface area contributed by atoms with Crippen LogP contribution in [0.15, 0.2) is 40.8 Å². The van der Waals surface area contributed by atoms with E-state index in [-0.39, 0.29) is 10.5 Å². The van der Waals surface area contributed by atoms with Crippen molar-refractivity contribution >= 4 is 26.4 Å². The van der Waals surface area contributed by atoms with E-state index >= 15 is 0 Å². The lowest BCUT2D eigenvalue weighted by atomic mass is 9.96. The van der Waals surface area contributed by atoms with Gasteiger partial charge in [0.25, 0.3) is 0 Å². The fraction of sp³-hybridized carbons (Fsp3) is 0.375. The molecule has 2 unspecified atom stereocenters. The molecule has 1 fully saturated rings. The van der Waals surface area contributed by atoms with Crippen molar-refractivity contribution in [2.24, 2.45) is 0 Å². The van der Waals surface area contributed by atoms with Crippen LogP contribution in [-0.4, -0.2) is 18.9 Å². The second kappa shape index (κ2) is 4.22. The molecular weight excluding hydrogens is 272 g/mol. The summed E-state index contributed by atoms with van der Waals surface area (Å²) in [4.78, 5) is 0. The molecule has 2 aromatic rings. The van der Waals surface area contributed by atoms with Gasteiger partial charge in [-0.05, 0) is 37.0 Å². The van der Waals surface area contributed by atoms with Crippen molar-refractivity contribution in [3.05, 3.63) is 42.2 Å². The van der Waals surface area contributed by atoms with Gasteiger partial charge >= 0.3 is 0 Å².